The lowest BCUT2D eigenvalue weighted by molar-refractivity contribution is 0.0960. The average Bonchev–Trinajstić information content (AvgIpc) is 3.48. The fraction of sp³-hybridized carbons (Fsp3) is 0.148. The maximum absolute atomic E-state index is 14.3. The number of halogens is 5. The molecule has 0 fully saturated rings. The summed E-state index contributed by atoms with van der Waals surface area (Å²) in [5, 5.41) is 7.43. The molecule has 2 heterocycles. The third-order valence-corrected chi connectivity index (χ3v) is 7.79. The van der Waals surface area contributed by atoms with Crippen molar-refractivity contribution >= 4 is 61.9 Å². The molecule has 0 spiro atoms. The number of carbonyl (C=O) groups is 2. The van der Waals surface area contributed by atoms with Crippen molar-refractivity contribution in [3.05, 3.63) is 92.3 Å². The Morgan fingerprint density at radius 2 is 1.97 bits per heavy atom. The normalized spacial score (nSPS) is 15.1. The van der Waals surface area contributed by atoms with Crippen LogP contribution in [0.1, 0.15) is 49.9 Å². The fourth-order valence-corrected chi connectivity index (χ4v) is 5.88. The van der Waals surface area contributed by atoms with Gasteiger partial charge in [0.25, 0.3) is 11.8 Å². The summed E-state index contributed by atoms with van der Waals surface area (Å²) in [7, 11) is 1.31. The van der Waals surface area contributed by atoms with Gasteiger partial charge in [-0.2, -0.15) is 0 Å². The summed E-state index contributed by atoms with van der Waals surface area (Å²) in [5.74, 6) is -2.41. The molecular weight excluding hydrogens is 556 g/mol. The van der Waals surface area contributed by atoms with Crippen LogP contribution in [0.4, 0.5) is 28.9 Å². The summed E-state index contributed by atoms with van der Waals surface area (Å²) < 4.78 is 55.4. The Labute approximate surface area is 228 Å². The Morgan fingerprint density at radius 3 is 2.69 bits per heavy atom. The number of nitrogens with two attached hydrogens (primary N) is 1. The molecule has 4 N–H and O–H groups in total. The van der Waals surface area contributed by atoms with E-state index in [4.69, 9.17) is 17.3 Å². The van der Waals surface area contributed by atoms with Crippen molar-refractivity contribution in [2.45, 2.75) is 18.9 Å². The number of nitrogen functional groups attached to an aromatic ring is 1. The number of carbonyl (C=O) groups excluding carboxylic acids is 2. The van der Waals surface area contributed by atoms with Crippen LogP contribution in [0.25, 0.3) is 10.1 Å². The minimum absolute atomic E-state index is 0.0363. The van der Waals surface area contributed by atoms with E-state index < -0.39 is 42.3 Å². The van der Waals surface area contributed by atoms with E-state index >= 15 is 0 Å². The van der Waals surface area contributed by atoms with E-state index in [9.17, 15) is 27.2 Å². The second-order valence-electron chi connectivity index (χ2n) is 8.73. The molecule has 2 amide bonds. The van der Waals surface area contributed by atoms with Crippen molar-refractivity contribution in [3.63, 3.8) is 0 Å². The first kappa shape index (κ1) is 26.6. The van der Waals surface area contributed by atoms with Gasteiger partial charge in [-0.05, 0) is 30.3 Å². The molecular formula is C27H19ClF4N4O2S. The van der Waals surface area contributed by atoms with E-state index in [-0.39, 0.29) is 54.6 Å². The molecule has 4 aromatic rings. The fourth-order valence-electron chi connectivity index (χ4n) is 4.70. The average molecular weight is 575 g/mol. The van der Waals surface area contributed by atoms with Crippen molar-refractivity contribution in [1.29, 1.82) is 0 Å². The second-order valence-corrected chi connectivity index (χ2v) is 10.0. The highest BCUT2D eigenvalue weighted by Gasteiger charge is 2.38. The number of anilines is 2. The summed E-state index contributed by atoms with van der Waals surface area (Å²) >= 11 is 7.38. The predicted octanol–water partition coefficient (Wildman–Crippen LogP) is 6.57. The Bertz CT molecular complexity index is 1690. The molecule has 0 saturated heterocycles. The first-order chi connectivity index (χ1) is 18.6. The second kappa shape index (κ2) is 10.3. The van der Waals surface area contributed by atoms with E-state index in [1.54, 1.807) is 6.07 Å². The summed E-state index contributed by atoms with van der Waals surface area (Å²) in [6.45, 7) is 0. The van der Waals surface area contributed by atoms with Gasteiger partial charge in [-0.25, -0.2) is 17.6 Å². The molecule has 12 heteroatoms. The quantitative estimate of drug-likeness (QED) is 0.138. The Morgan fingerprint density at radius 1 is 1.21 bits per heavy atom. The van der Waals surface area contributed by atoms with Gasteiger partial charge in [-0.3, -0.25) is 14.6 Å². The molecule has 1 unspecified atom stereocenters. The van der Waals surface area contributed by atoms with Gasteiger partial charge in [0.15, 0.2) is 0 Å². The zero-order valence-corrected chi connectivity index (χ0v) is 21.7. The number of nitrogens with one attached hydrogen (secondary N) is 2. The van der Waals surface area contributed by atoms with Crippen molar-refractivity contribution in [2.24, 2.45) is 4.99 Å². The molecule has 1 atom stereocenters. The number of alkyl halides is 2. The zero-order valence-electron chi connectivity index (χ0n) is 20.1. The van der Waals surface area contributed by atoms with Crippen molar-refractivity contribution < 1.29 is 27.2 Å². The van der Waals surface area contributed by atoms with Gasteiger partial charge >= 0.3 is 0 Å². The molecule has 200 valence electrons. The molecule has 6 nitrogen and oxygen atoms in total. The molecule has 3 aromatic carbocycles. The molecule has 0 aliphatic carbocycles. The number of hydrogen-bond acceptors (Lipinski definition) is 5. The monoisotopic (exact) mass is 574 g/mol. The number of rotatable bonds is 6. The standard InChI is InChI=1S/C27H19ClF4N4O2S/c1-34-18(9-20(31)32)14-8-19(35-26(37)15-10-39-25-12(15)3-2-4-17(25)30)21-22(23(14)33)27(38)36-24(21)13-7-11(29)5-6-16(13)28/h2-8,10,20,24H,9,33H2,1H3,(H,35,37)(H,36,38). The smallest absolute Gasteiger partial charge is 0.257 e. The van der Waals surface area contributed by atoms with Crippen LogP contribution in [-0.2, 0) is 0 Å². The maximum atomic E-state index is 14.3. The topological polar surface area (TPSA) is 96.6 Å². The minimum Gasteiger partial charge on any atom is -0.398 e. The predicted molar refractivity (Wildman–Crippen MR) is 144 cm³/mol. The lowest BCUT2D eigenvalue weighted by Crippen LogP contribution is -2.21. The Kier molecular flexibility index (Phi) is 7.04. The van der Waals surface area contributed by atoms with Crippen LogP contribution in [0, 0.1) is 11.6 Å². The molecule has 5 rings (SSSR count). The Hall–Kier alpha value is -3.96. The van der Waals surface area contributed by atoms with E-state index in [2.05, 4.69) is 15.6 Å². The zero-order chi connectivity index (χ0) is 28.0. The highest BCUT2D eigenvalue weighted by atomic mass is 35.5. The summed E-state index contributed by atoms with van der Waals surface area (Å²) in [6, 6.07) is 8.29. The number of amides is 2. The molecule has 39 heavy (non-hydrogen) atoms. The largest absolute Gasteiger partial charge is 0.398 e. The van der Waals surface area contributed by atoms with Crippen LogP contribution < -0.4 is 16.4 Å². The van der Waals surface area contributed by atoms with Gasteiger partial charge in [0.05, 0.1) is 34.0 Å². The van der Waals surface area contributed by atoms with E-state index in [0.717, 1.165) is 23.5 Å². The van der Waals surface area contributed by atoms with Crippen molar-refractivity contribution in [2.75, 3.05) is 18.1 Å². The molecule has 1 aliphatic rings. The third-order valence-electron chi connectivity index (χ3n) is 6.44. The number of hydrogen-bond donors (Lipinski definition) is 3. The van der Waals surface area contributed by atoms with Crippen LogP contribution in [0.15, 0.2) is 52.8 Å². The maximum Gasteiger partial charge on any atom is 0.257 e. The van der Waals surface area contributed by atoms with Gasteiger partial charge in [0, 0.05) is 50.9 Å². The van der Waals surface area contributed by atoms with Crippen molar-refractivity contribution in [1.82, 2.24) is 5.32 Å². The van der Waals surface area contributed by atoms with E-state index in [0.29, 0.717) is 5.39 Å². The molecule has 1 aromatic heterocycles. The number of nitrogens with zero attached hydrogens (tertiary/aromatic N) is 1. The van der Waals surface area contributed by atoms with Crippen LogP contribution in [0.5, 0.6) is 0 Å². The molecule has 0 saturated carbocycles. The summed E-state index contributed by atoms with van der Waals surface area (Å²) in [6.07, 6.45) is -3.50. The lowest BCUT2D eigenvalue weighted by atomic mass is 9.91. The molecule has 0 radical (unpaired) electrons. The Balaban J connectivity index is 1.70. The third kappa shape index (κ3) is 4.72. The van der Waals surface area contributed by atoms with Gasteiger partial charge < -0.3 is 16.4 Å². The summed E-state index contributed by atoms with van der Waals surface area (Å²) in [5.41, 5.74) is 6.67. The number of fused-ring (bicyclic) bond motifs is 2. The van der Waals surface area contributed by atoms with E-state index in [1.165, 1.54) is 36.7 Å². The number of thiophene rings is 1. The highest BCUT2D eigenvalue weighted by Crippen LogP contribution is 2.43. The number of benzene rings is 3. The summed E-state index contributed by atoms with van der Waals surface area (Å²) in [4.78, 5) is 30.6. The van der Waals surface area contributed by atoms with Crippen LogP contribution in [-0.4, -0.2) is 31.0 Å². The first-order valence-corrected chi connectivity index (χ1v) is 12.8. The molecule has 0 bridgehead atoms. The van der Waals surface area contributed by atoms with Gasteiger partial charge in [0.1, 0.15) is 11.6 Å². The van der Waals surface area contributed by atoms with Gasteiger partial charge in [-0.1, -0.05) is 23.7 Å². The van der Waals surface area contributed by atoms with Gasteiger partial charge in [0.2, 0.25) is 6.43 Å². The molecule has 1 aliphatic heterocycles. The highest BCUT2D eigenvalue weighted by molar-refractivity contribution is 7.17. The minimum atomic E-state index is -2.76. The van der Waals surface area contributed by atoms with Gasteiger partial charge in [-0.15, -0.1) is 11.3 Å². The van der Waals surface area contributed by atoms with Crippen LogP contribution in [0.3, 0.4) is 0 Å². The lowest BCUT2D eigenvalue weighted by Gasteiger charge is -2.20. The first-order valence-electron chi connectivity index (χ1n) is 11.5. The number of aliphatic imine (C=N–C) groups is 1. The van der Waals surface area contributed by atoms with E-state index in [1.807, 2.05) is 0 Å². The van der Waals surface area contributed by atoms with Crippen LogP contribution >= 0.6 is 22.9 Å². The SMILES string of the molecule is CN=C(CC(F)F)c1cc(NC(=O)c2csc3c(F)cccc23)c2c(c1N)C(=O)NC2c1cc(F)ccc1Cl. The van der Waals surface area contributed by atoms with Crippen molar-refractivity contribution in [3.8, 4) is 0 Å². The van der Waals surface area contributed by atoms with Crippen LogP contribution in [0.2, 0.25) is 5.02 Å².